The Balaban J connectivity index is 1.54. The largest absolute Gasteiger partial charge is 0.466 e. The summed E-state index contributed by atoms with van der Waals surface area (Å²) in [6.07, 6.45) is 3.67. The molecular weight excluding hydrogens is 410 g/mol. The number of likely N-dealkylation sites (tertiary alicyclic amines) is 2. The maximum atomic E-state index is 12.9. The minimum atomic E-state index is -0.353. The van der Waals surface area contributed by atoms with Gasteiger partial charge in [0, 0.05) is 43.9 Å². The van der Waals surface area contributed by atoms with E-state index in [4.69, 9.17) is 4.74 Å². The fourth-order valence-electron chi connectivity index (χ4n) is 4.25. The molecule has 0 aromatic heterocycles. The first-order valence-electron chi connectivity index (χ1n) is 11.6. The normalized spacial score (nSPS) is 20.9. The van der Waals surface area contributed by atoms with Crippen molar-refractivity contribution in [2.75, 3.05) is 38.1 Å². The van der Waals surface area contributed by atoms with Gasteiger partial charge in [-0.2, -0.15) is 0 Å². The van der Waals surface area contributed by atoms with E-state index < -0.39 is 0 Å². The smallest absolute Gasteiger partial charge is 0.310 e. The van der Waals surface area contributed by atoms with Gasteiger partial charge in [-0.1, -0.05) is 13.3 Å². The van der Waals surface area contributed by atoms with Crippen LogP contribution >= 0.6 is 0 Å². The molecule has 1 N–H and O–H groups in total. The standard InChI is InChI=1S/C24H33N3O5/c1-3-5-12-26-16-19(14-21(26)28)22(29)25-20-10-8-17(9-11-20)23(30)27-13-6-7-18(15-27)24(31)32-4-2/h8-11,18-19H,3-7,12-16H2,1-2H3,(H,25,29). The number of nitrogens with zero attached hydrogens (tertiary/aromatic N) is 2. The number of hydrogen-bond donors (Lipinski definition) is 1. The highest BCUT2D eigenvalue weighted by atomic mass is 16.5. The van der Waals surface area contributed by atoms with Gasteiger partial charge in [-0.25, -0.2) is 0 Å². The number of anilines is 1. The Morgan fingerprint density at radius 2 is 1.84 bits per heavy atom. The average molecular weight is 444 g/mol. The van der Waals surface area contributed by atoms with Crippen molar-refractivity contribution in [1.29, 1.82) is 0 Å². The van der Waals surface area contributed by atoms with Crippen LogP contribution in [-0.4, -0.2) is 66.3 Å². The summed E-state index contributed by atoms with van der Waals surface area (Å²) in [5.41, 5.74) is 1.10. The van der Waals surface area contributed by atoms with Gasteiger partial charge in [0.15, 0.2) is 0 Å². The zero-order chi connectivity index (χ0) is 23.1. The SMILES string of the molecule is CCCCN1CC(C(=O)Nc2ccc(C(=O)N3CCCC(C(=O)OCC)C3)cc2)CC1=O. The molecule has 2 aliphatic rings. The van der Waals surface area contributed by atoms with E-state index in [2.05, 4.69) is 12.2 Å². The maximum absolute atomic E-state index is 12.9. The minimum Gasteiger partial charge on any atom is -0.466 e. The second-order valence-electron chi connectivity index (χ2n) is 8.50. The number of hydrogen-bond acceptors (Lipinski definition) is 5. The summed E-state index contributed by atoms with van der Waals surface area (Å²) in [5.74, 6) is -1.16. The van der Waals surface area contributed by atoms with Gasteiger partial charge >= 0.3 is 5.97 Å². The second-order valence-corrected chi connectivity index (χ2v) is 8.50. The highest BCUT2D eigenvalue weighted by Crippen LogP contribution is 2.22. The first-order valence-corrected chi connectivity index (χ1v) is 11.6. The van der Waals surface area contributed by atoms with Crippen molar-refractivity contribution in [2.45, 2.75) is 46.0 Å². The molecule has 2 unspecified atom stereocenters. The van der Waals surface area contributed by atoms with Crippen LogP contribution in [0.4, 0.5) is 5.69 Å². The molecule has 32 heavy (non-hydrogen) atoms. The van der Waals surface area contributed by atoms with Crippen molar-refractivity contribution in [3.8, 4) is 0 Å². The third kappa shape index (κ3) is 5.87. The number of piperidine rings is 1. The molecular formula is C24H33N3O5. The van der Waals surface area contributed by atoms with Crippen molar-refractivity contribution in [2.24, 2.45) is 11.8 Å². The number of nitrogens with one attached hydrogen (secondary N) is 1. The summed E-state index contributed by atoms with van der Waals surface area (Å²) >= 11 is 0. The van der Waals surface area contributed by atoms with Gasteiger partial charge in [0.25, 0.3) is 5.91 Å². The molecule has 2 fully saturated rings. The molecule has 1 aromatic carbocycles. The molecule has 174 valence electrons. The lowest BCUT2D eigenvalue weighted by Gasteiger charge is -2.31. The number of carbonyl (C=O) groups is 4. The van der Waals surface area contributed by atoms with E-state index in [1.165, 1.54) is 0 Å². The lowest BCUT2D eigenvalue weighted by Crippen LogP contribution is -2.42. The molecule has 0 saturated carbocycles. The maximum Gasteiger partial charge on any atom is 0.310 e. The predicted molar refractivity (Wildman–Crippen MR) is 120 cm³/mol. The minimum absolute atomic E-state index is 0.0298. The van der Waals surface area contributed by atoms with Crippen molar-refractivity contribution in [3.05, 3.63) is 29.8 Å². The summed E-state index contributed by atoms with van der Waals surface area (Å²) in [7, 11) is 0. The van der Waals surface area contributed by atoms with Gasteiger partial charge in [-0.15, -0.1) is 0 Å². The Hall–Kier alpha value is -2.90. The Kier molecular flexibility index (Phi) is 8.25. The molecule has 8 nitrogen and oxygen atoms in total. The van der Waals surface area contributed by atoms with Crippen molar-refractivity contribution in [1.82, 2.24) is 9.80 Å². The van der Waals surface area contributed by atoms with E-state index in [-0.39, 0.29) is 41.9 Å². The molecule has 0 aliphatic carbocycles. The van der Waals surface area contributed by atoms with E-state index in [0.717, 1.165) is 25.7 Å². The van der Waals surface area contributed by atoms with Crippen LogP contribution < -0.4 is 5.32 Å². The lowest BCUT2D eigenvalue weighted by molar-refractivity contribution is -0.149. The van der Waals surface area contributed by atoms with Crippen LogP contribution in [0, 0.1) is 11.8 Å². The highest BCUT2D eigenvalue weighted by molar-refractivity contribution is 5.98. The molecule has 2 heterocycles. The van der Waals surface area contributed by atoms with Gasteiger partial charge in [0.2, 0.25) is 11.8 Å². The average Bonchev–Trinajstić information content (AvgIpc) is 3.18. The Labute approximate surface area is 189 Å². The van der Waals surface area contributed by atoms with Crippen molar-refractivity contribution >= 4 is 29.4 Å². The van der Waals surface area contributed by atoms with Gasteiger partial charge in [-0.05, 0) is 50.5 Å². The summed E-state index contributed by atoms with van der Waals surface area (Å²) < 4.78 is 5.10. The fraction of sp³-hybridized carbons (Fsp3) is 0.583. The fourth-order valence-corrected chi connectivity index (χ4v) is 4.25. The Morgan fingerprint density at radius 1 is 1.09 bits per heavy atom. The molecule has 0 bridgehead atoms. The monoisotopic (exact) mass is 443 g/mol. The summed E-state index contributed by atoms with van der Waals surface area (Å²) in [6, 6.07) is 6.76. The first-order chi connectivity index (χ1) is 15.4. The third-order valence-electron chi connectivity index (χ3n) is 6.09. The number of carbonyl (C=O) groups excluding carboxylic acids is 4. The van der Waals surface area contributed by atoms with Gasteiger partial charge in [0.05, 0.1) is 18.4 Å². The highest BCUT2D eigenvalue weighted by Gasteiger charge is 2.34. The Bertz CT molecular complexity index is 839. The molecule has 2 saturated heterocycles. The van der Waals surface area contributed by atoms with Gasteiger partial charge < -0.3 is 19.9 Å². The topological polar surface area (TPSA) is 96.0 Å². The van der Waals surface area contributed by atoms with Gasteiger partial charge in [0.1, 0.15) is 0 Å². The molecule has 3 amide bonds. The van der Waals surface area contributed by atoms with Crippen LogP contribution in [0.15, 0.2) is 24.3 Å². The predicted octanol–water partition coefficient (Wildman–Crippen LogP) is 2.69. The lowest BCUT2D eigenvalue weighted by atomic mass is 9.97. The molecule has 0 spiro atoms. The van der Waals surface area contributed by atoms with Crippen LogP contribution in [0.25, 0.3) is 0 Å². The number of ether oxygens (including phenoxy) is 1. The van der Waals surface area contributed by atoms with Crippen molar-refractivity contribution < 1.29 is 23.9 Å². The zero-order valence-electron chi connectivity index (χ0n) is 19.0. The first kappa shape index (κ1) is 23.8. The summed E-state index contributed by atoms with van der Waals surface area (Å²) in [6.45, 7) is 6.31. The number of amides is 3. The van der Waals surface area contributed by atoms with Crippen LogP contribution in [0.5, 0.6) is 0 Å². The number of esters is 1. The Morgan fingerprint density at radius 3 is 2.53 bits per heavy atom. The number of unbranched alkanes of at least 4 members (excludes halogenated alkanes) is 1. The summed E-state index contributed by atoms with van der Waals surface area (Å²) in [4.78, 5) is 53.0. The molecule has 2 aliphatic heterocycles. The van der Waals surface area contributed by atoms with E-state index in [1.54, 1.807) is 41.0 Å². The van der Waals surface area contributed by atoms with Crippen LogP contribution in [0.2, 0.25) is 0 Å². The third-order valence-corrected chi connectivity index (χ3v) is 6.09. The van der Waals surface area contributed by atoms with E-state index in [9.17, 15) is 19.2 Å². The number of benzene rings is 1. The van der Waals surface area contributed by atoms with Crippen molar-refractivity contribution in [3.63, 3.8) is 0 Å². The second kappa shape index (κ2) is 11.1. The van der Waals surface area contributed by atoms with Crippen LogP contribution in [0.3, 0.4) is 0 Å². The van der Waals surface area contributed by atoms with E-state index in [0.29, 0.717) is 44.0 Å². The quantitative estimate of drug-likeness (QED) is 0.623. The molecule has 1 aromatic rings. The van der Waals surface area contributed by atoms with Crippen LogP contribution in [-0.2, 0) is 19.1 Å². The van der Waals surface area contributed by atoms with Crippen LogP contribution in [0.1, 0.15) is 56.3 Å². The van der Waals surface area contributed by atoms with Gasteiger partial charge in [-0.3, -0.25) is 19.2 Å². The van der Waals surface area contributed by atoms with E-state index >= 15 is 0 Å². The molecule has 2 atom stereocenters. The number of rotatable bonds is 8. The molecule has 0 radical (unpaired) electrons. The molecule has 3 rings (SSSR count). The van der Waals surface area contributed by atoms with E-state index in [1.807, 2.05) is 0 Å². The zero-order valence-corrected chi connectivity index (χ0v) is 19.0. The summed E-state index contributed by atoms with van der Waals surface area (Å²) in [5, 5.41) is 2.86. The molecule has 8 heteroatoms.